The number of amides is 1. The number of carbonyl (C=O) groups excluding carboxylic acids is 1. The molecule has 1 amide bonds. The molecule has 6 heteroatoms. The topological polar surface area (TPSA) is 66.5 Å². The first-order chi connectivity index (χ1) is 12.7. The lowest BCUT2D eigenvalue weighted by Crippen LogP contribution is -2.25. The number of benzene rings is 1. The van der Waals surface area contributed by atoms with Gasteiger partial charge in [0.05, 0.1) is 5.56 Å². The molecule has 1 aromatic heterocycles. The Morgan fingerprint density at radius 2 is 1.85 bits per heavy atom. The van der Waals surface area contributed by atoms with Gasteiger partial charge in [-0.3, -0.25) is 4.79 Å². The zero-order valence-electron chi connectivity index (χ0n) is 15.8. The molecule has 140 valence electrons. The summed E-state index contributed by atoms with van der Waals surface area (Å²) in [7, 11) is 1.65. The summed E-state index contributed by atoms with van der Waals surface area (Å²) < 4.78 is 4.96. The van der Waals surface area contributed by atoms with Crippen LogP contribution in [0, 0.1) is 0 Å². The Hall–Kier alpha value is -2.60. The highest BCUT2D eigenvalue weighted by molar-refractivity contribution is 5.94. The maximum absolute atomic E-state index is 12.0. The fraction of sp³-hybridized carbons (Fsp3) is 0.400. The van der Waals surface area contributed by atoms with Crippen molar-refractivity contribution in [3.05, 3.63) is 48.2 Å². The van der Waals surface area contributed by atoms with Crippen LogP contribution >= 0.6 is 0 Å². The second-order valence-corrected chi connectivity index (χ2v) is 5.88. The fourth-order valence-corrected chi connectivity index (χ4v) is 2.61. The highest BCUT2D eigenvalue weighted by Crippen LogP contribution is 2.20. The number of nitrogens with one attached hydrogen (secondary N) is 2. The molecule has 0 atom stereocenters. The second kappa shape index (κ2) is 10.4. The maximum atomic E-state index is 12.0. The molecule has 0 unspecified atom stereocenters. The van der Waals surface area contributed by atoms with Gasteiger partial charge < -0.3 is 20.3 Å². The van der Waals surface area contributed by atoms with Crippen molar-refractivity contribution in [2.75, 3.05) is 43.6 Å². The molecule has 0 aliphatic heterocycles. The van der Waals surface area contributed by atoms with Crippen LogP contribution in [0.3, 0.4) is 0 Å². The molecule has 0 radical (unpaired) electrons. The zero-order valence-corrected chi connectivity index (χ0v) is 15.8. The molecule has 0 spiro atoms. The van der Waals surface area contributed by atoms with Gasteiger partial charge in [-0.1, -0.05) is 0 Å². The molecule has 0 saturated carbocycles. The molecule has 2 N–H and O–H groups in total. The van der Waals surface area contributed by atoms with E-state index in [2.05, 4.69) is 46.5 Å². The number of methoxy groups -OCH3 is 1. The van der Waals surface area contributed by atoms with E-state index in [1.54, 1.807) is 19.4 Å². The number of anilines is 3. The van der Waals surface area contributed by atoms with Crippen molar-refractivity contribution in [1.82, 2.24) is 10.3 Å². The minimum atomic E-state index is -0.122. The van der Waals surface area contributed by atoms with Crippen molar-refractivity contribution >= 4 is 23.1 Å². The van der Waals surface area contributed by atoms with E-state index >= 15 is 0 Å². The number of aromatic nitrogens is 1. The van der Waals surface area contributed by atoms with Gasteiger partial charge >= 0.3 is 0 Å². The lowest BCUT2D eigenvalue weighted by molar-refractivity contribution is 0.0948. The van der Waals surface area contributed by atoms with E-state index < -0.39 is 0 Å². The molecule has 0 aliphatic carbocycles. The third-order valence-corrected chi connectivity index (χ3v) is 4.10. The van der Waals surface area contributed by atoms with E-state index in [-0.39, 0.29) is 5.91 Å². The minimum Gasteiger partial charge on any atom is -0.385 e. The normalized spacial score (nSPS) is 10.4. The Balaban J connectivity index is 1.91. The van der Waals surface area contributed by atoms with E-state index in [0.717, 1.165) is 25.2 Å². The summed E-state index contributed by atoms with van der Waals surface area (Å²) in [5, 5.41) is 6.10. The summed E-state index contributed by atoms with van der Waals surface area (Å²) in [4.78, 5) is 18.6. The van der Waals surface area contributed by atoms with E-state index in [4.69, 9.17) is 4.74 Å². The van der Waals surface area contributed by atoms with Gasteiger partial charge in [0.2, 0.25) is 0 Å². The van der Waals surface area contributed by atoms with Gasteiger partial charge in [-0.2, -0.15) is 0 Å². The number of carbonyl (C=O) groups is 1. The van der Waals surface area contributed by atoms with E-state index in [1.807, 2.05) is 18.2 Å². The molecule has 0 saturated heterocycles. The quantitative estimate of drug-likeness (QED) is 0.639. The first-order valence-electron chi connectivity index (χ1n) is 9.03. The van der Waals surface area contributed by atoms with E-state index in [0.29, 0.717) is 24.5 Å². The predicted molar refractivity (Wildman–Crippen MR) is 106 cm³/mol. The Morgan fingerprint density at radius 1 is 1.12 bits per heavy atom. The van der Waals surface area contributed by atoms with Crippen LogP contribution in [0.2, 0.25) is 0 Å². The van der Waals surface area contributed by atoms with Gasteiger partial charge in [0.1, 0.15) is 5.82 Å². The predicted octanol–water partition coefficient (Wildman–Crippen LogP) is 3.44. The molecule has 0 bridgehead atoms. The SMILES string of the molecule is CCN(CC)c1ccc(Nc2ccc(C(=O)NCCCOC)cn2)cc1. The first kappa shape index (κ1) is 19.7. The minimum absolute atomic E-state index is 0.122. The summed E-state index contributed by atoms with van der Waals surface area (Å²) >= 11 is 0. The Labute approximate surface area is 155 Å². The first-order valence-corrected chi connectivity index (χ1v) is 9.03. The van der Waals surface area contributed by atoms with Crippen LogP contribution in [-0.2, 0) is 4.74 Å². The van der Waals surface area contributed by atoms with Crippen molar-refractivity contribution in [3.63, 3.8) is 0 Å². The lowest BCUT2D eigenvalue weighted by Gasteiger charge is -2.21. The number of ether oxygens (including phenoxy) is 1. The van der Waals surface area contributed by atoms with Gasteiger partial charge in [-0.25, -0.2) is 4.98 Å². The van der Waals surface area contributed by atoms with Crippen LogP contribution in [0.15, 0.2) is 42.6 Å². The van der Waals surface area contributed by atoms with Crippen LogP contribution in [0.1, 0.15) is 30.6 Å². The molecule has 26 heavy (non-hydrogen) atoms. The largest absolute Gasteiger partial charge is 0.385 e. The Bertz CT molecular complexity index is 667. The molecular formula is C20H28N4O2. The highest BCUT2D eigenvalue weighted by Gasteiger charge is 2.06. The van der Waals surface area contributed by atoms with Crippen molar-refractivity contribution in [2.24, 2.45) is 0 Å². The lowest BCUT2D eigenvalue weighted by atomic mass is 10.2. The third-order valence-electron chi connectivity index (χ3n) is 4.10. The van der Waals surface area contributed by atoms with Crippen LogP contribution in [0.25, 0.3) is 0 Å². The van der Waals surface area contributed by atoms with Gasteiger partial charge in [0.25, 0.3) is 5.91 Å². The number of hydrogen-bond acceptors (Lipinski definition) is 5. The highest BCUT2D eigenvalue weighted by atomic mass is 16.5. The molecule has 0 aliphatic rings. The number of pyridine rings is 1. The van der Waals surface area contributed by atoms with E-state index in [9.17, 15) is 4.79 Å². The standard InChI is InChI=1S/C20H28N4O2/c1-4-24(5-2)18-10-8-17(9-11-18)23-19-12-7-16(15-22-19)20(25)21-13-6-14-26-3/h7-12,15H,4-6,13-14H2,1-3H3,(H,21,25)(H,22,23). The van der Waals surface area contributed by atoms with Gasteiger partial charge in [-0.05, 0) is 56.7 Å². The number of hydrogen-bond donors (Lipinski definition) is 2. The van der Waals surface area contributed by atoms with Crippen LogP contribution in [-0.4, -0.2) is 44.2 Å². The van der Waals surface area contributed by atoms with Crippen molar-refractivity contribution < 1.29 is 9.53 Å². The number of nitrogens with zero attached hydrogens (tertiary/aromatic N) is 2. The van der Waals surface area contributed by atoms with Crippen molar-refractivity contribution in [2.45, 2.75) is 20.3 Å². The van der Waals surface area contributed by atoms with Crippen molar-refractivity contribution in [1.29, 1.82) is 0 Å². The monoisotopic (exact) mass is 356 g/mol. The average Bonchev–Trinajstić information content (AvgIpc) is 2.68. The Kier molecular flexibility index (Phi) is 7.89. The third kappa shape index (κ3) is 5.74. The summed E-state index contributed by atoms with van der Waals surface area (Å²) in [5.74, 6) is 0.584. The summed E-state index contributed by atoms with van der Waals surface area (Å²) in [6, 6.07) is 11.8. The molecule has 6 nitrogen and oxygen atoms in total. The van der Waals surface area contributed by atoms with E-state index in [1.165, 1.54) is 5.69 Å². The molecule has 2 rings (SSSR count). The van der Waals surface area contributed by atoms with Crippen LogP contribution in [0.4, 0.5) is 17.2 Å². The zero-order chi connectivity index (χ0) is 18.8. The Morgan fingerprint density at radius 3 is 2.42 bits per heavy atom. The summed E-state index contributed by atoms with van der Waals surface area (Å²) in [6.07, 6.45) is 2.37. The fourth-order valence-electron chi connectivity index (χ4n) is 2.61. The van der Waals surface area contributed by atoms with Crippen molar-refractivity contribution in [3.8, 4) is 0 Å². The van der Waals surface area contributed by atoms with Gasteiger partial charge in [-0.15, -0.1) is 0 Å². The molecule has 1 aromatic carbocycles. The molecular weight excluding hydrogens is 328 g/mol. The molecule has 0 fully saturated rings. The summed E-state index contributed by atoms with van der Waals surface area (Å²) in [6.45, 7) is 7.49. The molecule has 2 aromatic rings. The smallest absolute Gasteiger partial charge is 0.252 e. The number of rotatable bonds is 10. The second-order valence-electron chi connectivity index (χ2n) is 5.88. The summed E-state index contributed by atoms with van der Waals surface area (Å²) in [5.41, 5.74) is 2.71. The molecule has 1 heterocycles. The van der Waals surface area contributed by atoms with Crippen LogP contribution in [0.5, 0.6) is 0 Å². The van der Waals surface area contributed by atoms with Gasteiger partial charge in [0.15, 0.2) is 0 Å². The average molecular weight is 356 g/mol. The van der Waals surface area contributed by atoms with Gasteiger partial charge in [0, 0.05) is 50.9 Å². The maximum Gasteiger partial charge on any atom is 0.252 e. The van der Waals surface area contributed by atoms with Crippen LogP contribution < -0.4 is 15.5 Å².